The van der Waals surface area contributed by atoms with Crippen LogP contribution in [0.4, 0.5) is 0 Å². The number of halogens is 1. The van der Waals surface area contributed by atoms with Crippen LogP contribution < -0.4 is 14.8 Å². The van der Waals surface area contributed by atoms with Crippen molar-refractivity contribution in [3.05, 3.63) is 58.3 Å². The quantitative estimate of drug-likeness (QED) is 0.606. The predicted molar refractivity (Wildman–Crippen MR) is 104 cm³/mol. The van der Waals surface area contributed by atoms with Gasteiger partial charge in [-0.2, -0.15) is 0 Å². The minimum Gasteiger partial charge on any atom is -0.497 e. The van der Waals surface area contributed by atoms with Crippen LogP contribution >= 0.6 is 15.9 Å². The van der Waals surface area contributed by atoms with Crippen LogP contribution in [-0.4, -0.2) is 19.6 Å². The van der Waals surface area contributed by atoms with Gasteiger partial charge in [-0.3, -0.25) is 4.79 Å². The highest BCUT2D eigenvalue weighted by Gasteiger charge is 2.19. The first-order chi connectivity index (χ1) is 12.5. The van der Waals surface area contributed by atoms with E-state index in [4.69, 9.17) is 13.9 Å². The van der Waals surface area contributed by atoms with E-state index in [0.29, 0.717) is 39.5 Å². The molecule has 0 saturated heterocycles. The number of carbonyl (C=O) groups is 1. The van der Waals surface area contributed by atoms with Crippen molar-refractivity contribution in [1.82, 2.24) is 5.32 Å². The van der Waals surface area contributed by atoms with Gasteiger partial charge in [-0.1, -0.05) is 12.1 Å². The Hall–Kier alpha value is -2.47. The molecule has 1 amide bonds. The summed E-state index contributed by atoms with van der Waals surface area (Å²) in [7, 11) is 1.57. The zero-order chi connectivity index (χ0) is 18.7. The van der Waals surface area contributed by atoms with Gasteiger partial charge in [0.15, 0.2) is 11.3 Å². The molecule has 6 heteroatoms. The molecule has 1 N–H and O–H groups in total. The van der Waals surface area contributed by atoms with Gasteiger partial charge in [0.1, 0.15) is 11.5 Å². The summed E-state index contributed by atoms with van der Waals surface area (Å²) in [5.41, 5.74) is 1.19. The maximum atomic E-state index is 12.6. The lowest BCUT2D eigenvalue weighted by Crippen LogP contribution is -2.26. The van der Waals surface area contributed by atoms with Crippen molar-refractivity contribution in [3.63, 3.8) is 0 Å². The standard InChI is InChI=1S/C20H20BrNO4/c1-4-25-17-7-5-6-13-10-18(26-19(13)17)12(2)22-20(23)15-11-14(24-3)8-9-16(15)21/h5-12H,4H2,1-3H3,(H,22,23). The number of ether oxygens (including phenoxy) is 2. The normalized spacial score (nSPS) is 12.0. The van der Waals surface area contributed by atoms with E-state index in [-0.39, 0.29) is 11.9 Å². The lowest BCUT2D eigenvalue weighted by Gasteiger charge is -2.13. The summed E-state index contributed by atoms with van der Waals surface area (Å²) in [6, 6.07) is 12.6. The van der Waals surface area contributed by atoms with E-state index < -0.39 is 0 Å². The molecule has 0 saturated carbocycles. The van der Waals surface area contributed by atoms with Gasteiger partial charge in [0.2, 0.25) is 0 Å². The van der Waals surface area contributed by atoms with Crippen LogP contribution in [0.5, 0.6) is 11.5 Å². The van der Waals surface area contributed by atoms with E-state index in [1.807, 2.05) is 38.1 Å². The summed E-state index contributed by atoms with van der Waals surface area (Å²) < 4.78 is 17.4. The molecular formula is C20H20BrNO4. The minimum absolute atomic E-state index is 0.214. The molecule has 136 valence electrons. The third-order valence-electron chi connectivity index (χ3n) is 4.02. The van der Waals surface area contributed by atoms with E-state index in [1.54, 1.807) is 25.3 Å². The summed E-state index contributed by atoms with van der Waals surface area (Å²) in [6.07, 6.45) is 0. The Kier molecular flexibility index (Phi) is 5.52. The largest absolute Gasteiger partial charge is 0.497 e. The van der Waals surface area contributed by atoms with E-state index in [0.717, 1.165) is 5.39 Å². The number of hydrogen-bond donors (Lipinski definition) is 1. The molecule has 1 atom stereocenters. The summed E-state index contributed by atoms with van der Waals surface area (Å²) in [5.74, 6) is 1.77. The van der Waals surface area contributed by atoms with Crippen molar-refractivity contribution in [2.75, 3.05) is 13.7 Å². The average Bonchev–Trinajstić information content (AvgIpc) is 3.08. The maximum Gasteiger partial charge on any atom is 0.253 e. The monoisotopic (exact) mass is 417 g/mol. The number of benzene rings is 2. The molecule has 5 nitrogen and oxygen atoms in total. The molecule has 26 heavy (non-hydrogen) atoms. The van der Waals surface area contributed by atoms with Crippen LogP contribution in [0.3, 0.4) is 0 Å². The fourth-order valence-electron chi connectivity index (χ4n) is 2.69. The molecule has 0 aliphatic carbocycles. The number of furan rings is 1. The van der Waals surface area contributed by atoms with Crippen LogP contribution in [-0.2, 0) is 0 Å². The van der Waals surface area contributed by atoms with Crippen molar-refractivity contribution >= 4 is 32.8 Å². The summed E-state index contributed by atoms with van der Waals surface area (Å²) >= 11 is 3.40. The Bertz CT molecular complexity index is 935. The first-order valence-electron chi connectivity index (χ1n) is 8.33. The number of hydrogen-bond acceptors (Lipinski definition) is 4. The molecule has 3 rings (SSSR count). The molecule has 0 aliphatic heterocycles. The Morgan fingerprint density at radius 1 is 1.27 bits per heavy atom. The highest BCUT2D eigenvalue weighted by atomic mass is 79.9. The molecule has 0 radical (unpaired) electrons. The first kappa shape index (κ1) is 18.3. The molecule has 0 spiro atoms. The predicted octanol–water partition coefficient (Wildman–Crippen LogP) is 5.09. The van der Waals surface area contributed by atoms with Crippen LogP contribution in [0.1, 0.15) is 36.0 Å². The fourth-order valence-corrected chi connectivity index (χ4v) is 3.12. The van der Waals surface area contributed by atoms with Gasteiger partial charge < -0.3 is 19.2 Å². The Morgan fingerprint density at radius 2 is 2.08 bits per heavy atom. The average molecular weight is 418 g/mol. The smallest absolute Gasteiger partial charge is 0.253 e. The van der Waals surface area contributed by atoms with Crippen molar-refractivity contribution in [2.24, 2.45) is 0 Å². The lowest BCUT2D eigenvalue weighted by molar-refractivity contribution is 0.0934. The molecule has 0 bridgehead atoms. The van der Waals surface area contributed by atoms with Gasteiger partial charge in [0.05, 0.1) is 25.3 Å². The number of nitrogens with one attached hydrogen (secondary N) is 1. The summed E-state index contributed by atoms with van der Waals surface area (Å²) in [4.78, 5) is 12.6. The molecule has 0 aliphatic rings. The highest BCUT2D eigenvalue weighted by Crippen LogP contribution is 2.31. The second-order valence-corrected chi connectivity index (χ2v) is 6.65. The number of fused-ring (bicyclic) bond motifs is 1. The van der Waals surface area contributed by atoms with Crippen molar-refractivity contribution in [1.29, 1.82) is 0 Å². The first-order valence-corrected chi connectivity index (χ1v) is 9.12. The zero-order valence-corrected chi connectivity index (χ0v) is 16.4. The van der Waals surface area contributed by atoms with Crippen LogP contribution in [0.15, 0.2) is 51.4 Å². The number of methoxy groups -OCH3 is 1. The SMILES string of the molecule is CCOc1cccc2cc(C(C)NC(=O)c3cc(OC)ccc3Br)oc12. The van der Waals surface area contributed by atoms with E-state index >= 15 is 0 Å². The van der Waals surface area contributed by atoms with Crippen molar-refractivity contribution in [3.8, 4) is 11.5 Å². The van der Waals surface area contributed by atoms with Crippen molar-refractivity contribution in [2.45, 2.75) is 19.9 Å². The van der Waals surface area contributed by atoms with E-state index in [9.17, 15) is 4.79 Å². The second-order valence-electron chi connectivity index (χ2n) is 5.80. The third kappa shape index (κ3) is 3.70. The maximum absolute atomic E-state index is 12.6. The van der Waals surface area contributed by atoms with Gasteiger partial charge in [-0.05, 0) is 60.1 Å². The van der Waals surface area contributed by atoms with Gasteiger partial charge in [0.25, 0.3) is 5.91 Å². The summed E-state index contributed by atoms with van der Waals surface area (Å²) in [5, 5.41) is 3.90. The van der Waals surface area contributed by atoms with Crippen LogP contribution in [0.25, 0.3) is 11.0 Å². The lowest BCUT2D eigenvalue weighted by atomic mass is 10.1. The van der Waals surface area contributed by atoms with E-state index in [1.165, 1.54) is 0 Å². The molecule has 1 aromatic heterocycles. The topological polar surface area (TPSA) is 60.7 Å². The van der Waals surface area contributed by atoms with Gasteiger partial charge in [-0.25, -0.2) is 0 Å². The van der Waals surface area contributed by atoms with Crippen LogP contribution in [0, 0.1) is 0 Å². The Balaban J connectivity index is 1.84. The van der Waals surface area contributed by atoms with E-state index in [2.05, 4.69) is 21.2 Å². The Labute approximate surface area is 160 Å². The van der Waals surface area contributed by atoms with Gasteiger partial charge in [-0.15, -0.1) is 0 Å². The van der Waals surface area contributed by atoms with Gasteiger partial charge in [0, 0.05) is 9.86 Å². The molecule has 2 aromatic carbocycles. The fraction of sp³-hybridized carbons (Fsp3) is 0.250. The highest BCUT2D eigenvalue weighted by molar-refractivity contribution is 9.10. The molecule has 1 unspecified atom stereocenters. The Morgan fingerprint density at radius 3 is 2.81 bits per heavy atom. The number of amides is 1. The van der Waals surface area contributed by atoms with Gasteiger partial charge >= 0.3 is 0 Å². The molecule has 0 fully saturated rings. The zero-order valence-electron chi connectivity index (χ0n) is 14.8. The van der Waals surface area contributed by atoms with Crippen LogP contribution in [0.2, 0.25) is 0 Å². The molecular weight excluding hydrogens is 398 g/mol. The molecule has 3 aromatic rings. The minimum atomic E-state index is -0.303. The summed E-state index contributed by atoms with van der Waals surface area (Å²) in [6.45, 7) is 4.37. The van der Waals surface area contributed by atoms with Crippen molar-refractivity contribution < 1.29 is 18.7 Å². The second kappa shape index (κ2) is 7.83. The third-order valence-corrected chi connectivity index (χ3v) is 4.71. The number of carbonyl (C=O) groups excluding carboxylic acids is 1. The number of para-hydroxylation sites is 1. The molecule has 1 heterocycles. The number of rotatable bonds is 6.